The second-order valence-electron chi connectivity index (χ2n) is 7.53. The first kappa shape index (κ1) is 20.4. The number of carbonyl (C=O) groups excluding carboxylic acids is 1. The summed E-state index contributed by atoms with van der Waals surface area (Å²) in [5.74, 6) is 0.881. The van der Waals surface area contributed by atoms with E-state index in [1.54, 1.807) is 23.9 Å². The number of hydrogen-bond donors (Lipinski definition) is 1. The number of para-hydroxylation sites is 2. The summed E-state index contributed by atoms with van der Waals surface area (Å²) < 4.78 is 7.09. The third-order valence-electron chi connectivity index (χ3n) is 5.48. The molecular formula is C25H22N6O2. The molecule has 0 saturated heterocycles. The van der Waals surface area contributed by atoms with Gasteiger partial charge in [0, 0.05) is 0 Å². The fraction of sp³-hybridized carbons (Fsp3) is 0.120. The molecule has 0 radical (unpaired) electrons. The summed E-state index contributed by atoms with van der Waals surface area (Å²) in [6, 6.07) is 27.1. The van der Waals surface area contributed by atoms with Crippen LogP contribution in [0.1, 0.15) is 17.2 Å². The summed E-state index contributed by atoms with van der Waals surface area (Å²) >= 11 is 0. The number of tetrazole rings is 1. The Balaban J connectivity index is 1.52. The third kappa shape index (κ3) is 4.06. The van der Waals surface area contributed by atoms with E-state index in [0.717, 1.165) is 16.8 Å². The first-order chi connectivity index (χ1) is 16.2. The van der Waals surface area contributed by atoms with E-state index in [1.165, 1.54) is 0 Å². The van der Waals surface area contributed by atoms with E-state index in [-0.39, 0.29) is 18.5 Å². The number of rotatable bonds is 6. The molecule has 0 unspecified atom stereocenters. The van der Waals surface area contributed by atoms with Crippen LogP contribution >= 0.6 is 0 Å². The average molecular weight is 438 g/mol. The molecule has 1 N–H and O–H groups in total. The number of fused-ring (bicyclic) bond motifs is 1. The van der Waals surface area contributed by atoms with E-state index in [1.807, 2.05) is 77.7 Å². The number of anilines is 2. The Kier molecular flexibility index (Phi) is 5.55. The van der Waals surface area contributed by atoms with E-state index < -0.39 is 0 Å². The topological polar surface area (TPSA) is 85.2 Å². The molecule has 5 rings (SSSR count). The van der Waals surface area contributed by atoms with E-state index in [9.17, 15) is 4.79 Å². The van der Waals surface area contributed by atoms with Crippen LogP contribution in [0.15, 0.2) is 91.0 Å². The Bertz CT molecular complexity index is 1290. The first-order valence-electron chi connectivity index (χ1n) is 10.5. The SMILES string of the molecule is COc1ccccc1NC(=O)CN1C(c2ccccc2)=C[C@H](c2ccccc2)n2nnnc21. The van der Waals surface area contributed by atoms with Gasteiger partial charge >= 0.3 is 0 Å². The molecule has 1 aromatic heterocycles. The van der Waals surface area contributed by atoms with Crippen LogP contribution in [0.4, 0.5) is 11.6 Å². The summed E-state index contributed by atoms with van der Waals surface area (Å²) in [5.41, 5.74) is 3.49. The lowest BCUT2D eigenvalue weighted by Crippen LogP contribution is -2.37. The number of ether oxygens (including phenoxy) is 1. The van der Waals surface area contributed by atoms with Gasteiger partial charge in [0.05, 0.1) is 18.5 Å². The normalized spacial score (nSPS) is 14.9. The van der Waals surface area contributed by atoms with Gasteiger partial charge in [0.2, 0.25) is 5.91 Å². The number of methoxy groups -OCH3 is 1. The zero-order valence-corrected chi connectivity index (χ0v) is 18.0. The van der Waals surface area contributed by atoms with Crippen LogP contribution in [-0.2, 0) is 4.79 Å². The molecule has 8 heteroatoms. The summed E-state index contributed by atoms with van der Waals surface area (Å²) in [6.45, 7) is 0.0284. The molecule has 1 aliphatic heterocycles. The molecule has 8 nitrogen and oxygen atoms in total. The minimum Gasteiger partial charge on any atom is -0.495 e. The second kappa shape index (κ2) is 8.96. The number of benzene rings is 3. The van der Waals surface area contributed by atoms with Crippen LogP contribution < -0.4 is 15.0 Å². The lowest BCUT2D eigenvalue weighted by atomic mass is 10.0. The molecule has 0 saturated carbocycles. The Hall–Kier alpha value is -4.46. The molecule has 0 fully saturated rings. The van der Waals surface area contributed by atoms with Crippen molar-refractivity contribution in [2.24, 2.45) is 0 Å². The van der Waals surface area contributed by atoms with Crippen molar-refractivity contribution in [3.63, 3.8) is 0 Å². The number of nitrogens with zero attached hydrogens (tertiary/aromatic N) is 5. The highest BCUT2D eigenvalue weighted by atomic mass is 16.5. The molecule has 1 atom stereocenters. The van der Waals surface area contributed by atoms with E-state index in [2.05, 4.69) is 26.9 Å². The number of allylic oxidation sites excluding steroid dienone is 1. The molecule has 3 aromatic carbocycles. The van der Waals surface area contributed by atoms with E-state index in [0.29, 0.717) is 17.4 Å². The highest BCUT2D eigenvalue weighted by Crippen LogP contribution is 2.36. The molecule has 1 aliphatic rings. The lowest BCUT2D eigenvalue weighted by molar-refractivity contribution is -0.114. The van der Waals surface area contributed by atoms with Crippen LogP contribution in [0.3, 0.4) is 0 Å². The van der Waals surface area contributed by atoms with Crippen LogP contribution in [0.2, 0.25) is 0 Å². The van der Waals surface area contributed by atoms with Crippen LogP contribution in [-0.4, -0.2) is 39.8 Å². The first-order valence-corrected chi connectivity index (χ1v) is 10.5. The van der Waals surface area contributed by atoms with Gasteiger partial charge in [-0.3, -0.25) is 9.69 Å². The van der Waals surface area contributed by atoms with Gasteiger partial charge in [0.25, 0.3) is 5.95 Å². The number of carbonyl (C=O) groups is 1. The summed E-state index contributed by atoms with van der Waals surface area (Å²) in [4.78, 5) is 14.9. The van der Waals surface area contributed by atoms with Crippen molar-refractivity contribution in [3.05, 3.63) is 102 Å². The summed E-state index contributed by atoms with van der Waals surface area (Å²) in [5, 5.41) is 15.3. The molecule has 0 aliphatic carbocycles. The number of amides is 1. The van der Waals surface area contributed by atoms with Crippen LogP contribution in [0, 0.1) is 0 Å². The molecule has 33 heavy (non-hydrogen) atoms. The molecular weight excluding hydrogens is 416 g/mol. The average Bonchev–Trinajstić information content (AvgIpc) is 3.36. The van der Waals surface area contributed by atoms with E-state index in [4.69, 9.17) is 4.74 Å². The molecule has 0 bridgehead atoms. The fourth-order valence-corrected chi connectivity index (χ4v) is 3.95. The second-order valence-corrected chi connectivity index (χ2v) is 7.53. The maximum Gasteiger partial charge on any atom is 0.251 e. The van der Waals surface area contributed by atoms with Crippen molar-refractivity contribution >= 4 is 23.2 Å². The van der Waals surface area contributed by atoms with Crippen LogP contribution in [0.25, 0.3) is 5.70 Å². The smallest absolute Gasteiger partial charge is 0.251 e. The molecule has 2 heterocycles. The van der Waals surface area contributed by atoms with Crippen molar-refractivity contribution in [1.82, 2.24) is 20.2 Å². The maximum atomic E-state index is 13.1. The van der Waals surface area contributed by atoms with Crippen LogP contribution in [0.5, 0.6) is 5.75 Å². The number of aromatic nitrogens is 4. The Morgan fingerprint density at radius 2 is 1.67 bits per heavy atom. The number of nitrogens with one attached hydrogen (secondary N) is 1. The highest BCUT2D eigenvalue weighted by Gasteiger charge is 2.31. The molecule has 4 aromatic rings. The fourth-order valence-electron chi connectivity index (χ4n) is 3.95. The summed E-state index contributed by atoms with van der Waals surface area (Å²) in [6.07, 6.45) is 2.09. The Labute approximate surface area is 191 Å². The minimum atomic E-state index is -0.214. The monoisotopic (exact) mass is 438 g/mol. The van der Waals surface area contributed by atoms with Crippen molar-refractivity contribution in [1.29, 1.82) is 0 Å². The van der Waals surface area contributed by atoms with Gasteiger partial charge in [-0.05, 0) is 39.8 Å². The van der Waals surface area contributed by atoms with Gasteiger partial charge in [-0.15, -0.1) is 0 Å². The zero-order chi connectivity index (χ0) is 22.6. The van der Waals surface area contributed by atoms with Gasteiger partial charge in [-0.25, -0.2) is 0 Å². The highest BCUT2D eigenvalue weighted by molar-refractivity contribution is 5.98. The lowest BCUT2D eigenvalue weighted by Gasteiger charge is -2.32. The standard InChI is InChI=1S/C25H22N6O2/c1-33-23-15-9-8-14-20(23)26-24(32)17-30-21(18-10-4-2-5-11-18)16-22(19-12-6-3-7-13-19)31-25(30)27-28-29-31/h2-16,22H,17H2,1H3,(H,26,32)/t22-/m1/s1. The van der Waals surface area contributed by atoms with Crippen molar-refractivity contribution in [2.75, 3.05) is 23.9 Å². The Morgan fingerprint density at radius 1 is 0.970 bits per heavy atom. The quantitative estimate of drug-likeness (QED) is 0.493. The van der Waals surface area contributed by atoms with Gasteiger partial charge in [-0.2, -0.15) is 4.68 Å². The zero-order valence-electron chi connectivity index (χ0n) is 18.0. The predicted molar refractivity (Wildman–Crippen MR) is 126 cm³/mol. The van der Waals surface area contributed by atoms with Crippen molar-refractivity contribution < 1.29 is 9.53 Å². The Morgan fingerprint density at radius 3 is 2.42 bits per heavy atom. The van der Waals surface area contributed by atoms with Gasteiger partial charge in [0.15, 0.2) is 0 Å². The summed E-state index contributed by atoms with van der Waals surface area (Å²) in [7, 11) is 1.57. The minimum absolute atomic E-state index is 0.0284. The van der Waals surface area contributed by atoms with Gasteiger partial charge in [0.1, 0.15) is 18.3 Å². The van der Waals surface area contributed by atoms with Gasteiger partial charge in [-0.1, -0.05) is 77.9 Å². The molecule has 1 amide bonds. The largest absolute Gasteiger partial charge is 0.495 e. The maximum absolute atomic E-state index is 13.1. The van der Waals surface area contributed by atoms with Crippen molar-refractivity contribution in [3.8, 4) is 5.75 Å². The third-order valence-corrected chi connectivity index (χ3v) is 5.48. The predicted octanol–water partition coefficient (Wildman–Crippen LogP) is 3.77. The van der Waals surface area contributed by atoms with E-state index >= 15 is 0 Å². The van der Waals surface area contributed by atoms with Gasteiger partial charge < -0.3 is 10.1 Å². The molecule has 0 spiro atoms. The molecule has 164 valence electrons. The number of hydrogen-bond acceptors (Lipinski definition) is 6. The van der Waals surface area contributed by atoms with Crippen molar-refractivity contribution in [2.45, 2.75) is 6.04 Å².